The topological polar surface area (TPSA) is 109 Å². The van der Waals surface area contributed by atoms with Crippen LogP contribution in [0.4, 0.5) is 0 Å². The summed E-state index contributed by atoms with van der Waals surface area (Å²) in [6.45, 7) is 0. The second kappa shape index (κ2) is 8.50. The lowest BCUT2D eigenvalue weighted by atomic mass is 9.74. The second-order valence-electron chi connectivity index (χ2n) is 8.18. The van der Waals surface area contributed by atoms with Crippen molar-refractivity contribution in [3.63, 3.8) is 0 Å². The second-order valence-corrected chi connectivity index (χ2v) is 8.18. The minimum absolute atomic E-state index is 0.0409. The molecule has 3 aromatic carbocycles. The van der Waals surface area contributed by atoms with Crippen LogP contribution in [-0.2, 0) is 9.59 Å². The molecular formula is C29H18O6. The molecule has 6 heteroatoms. The number of fused-ring (bicyclic) bond motifs is 2. The molecule has 0 radical (unpaired) electrons. The molecule has 0 fully saturated rings. The van der Waals surface area contributed by atoms with Crippen LogP contribution in [0.2, 0.25) is 0 Å². The van der Waals surface area contributed by atoms with Crippen LogP contribution in [0.25, 0.3) is 17.6 Å². The minimum atomic E-state index is -1.36. The Morgan fingerprint density at radius 2 is 0.914 bits per heavy atom. The summed E-state index contributed by atoms with van der Waals surface area (Å²) >= 11 is 0. The molecule has 3 aromatic rings. The maximum Gasteiger partial charge on any atom is 0.234 e. The fraction of sp³-hybridized carbons (Fsp3) is 0.0345. The number of Topliss-reactive ketones (excluding diaryl/α,β-unsaturated/α-hetero) is 4. The quantitative estimate of drug-likeness (QED) is 0.540. The summed E-state index contributed by atoms with van der Waals surface area (Å²) < 4.78 is 0. The summed E-state index contributed by atoms with van der Waals surface area (Å²) in [4.78, 5) is 52.3. The van der Waals surface area contributed by atoms with E-state index in [0.29, 0.717) is 5.56 Å². The lowest BCUT2D eigenvalue weighted by molar-refractivity contribution is -0.112. The first kappa shape index (κ1) is 22.0. The molecule has 6 nitrogen and oxygen atoms in total. The molecular weight excluding hydrogens is 444 g/mol. The largest absolute Gasteiger partial charge is 0.507 e. The third-order valence-corrected chi connectivity index (χ3v) is 6.17. The monoisotopic (exact) mass is 462 g/mol. The number of aliphatic hydroxyl groups excluding tert-OH is 2. The zero-order chi connectivity index (χ0) is 24.7. The Labute approximate surface area is 200 Å². The van der Waals surface area contributed by atoms with Crippen molar-refractivity contribution in [2.45, 2.75) is 0 Å². The molecule has 5 rings (SSSR count). The molecule has 0 atom stereocenters. The van der Waals surface area contributed by atoms with Crippen LogP contribution in [0.5, 0.6) is 0 Å². The molecule has 0 unspecified atom stereocenters. The summed E-state index contributed by atoms with van der Waals surface area (Å²) in [5.41, 5.74) is 0.326. The van der Waals surface area contributed by atoms with E-state index in [-0.39, 0.29) is 33.4 Å². The van der Waals surface area contributed by atoms with Gasteiger partial charge in [0, 0.05) is 28.2 Å². The molecule has 0 saturated heterocycles. The van der Waals surface area contributed by atoms with Gasteiger partial charge in [0.1, 0.15) is 11.5 Å². The molecule has 2 aliphatic rings. The van der Waals surface area contributed by atoms with Crippen molar-refractivity contribution >= 4 is 40.7 Å². The summed E-state index contributed by atoms with van der Waals surface area (Å²) in [7, 11) is 0. The van der Waals surface area contributed by atoms with Crippen LogP contribution < -0.4 is 0 Å². The molecule has 0 amide bonds. The van der Waals surface area contributed by atoms with Crippen molar-refractivity contribution in [1.29, 1.82) is 0 Å². The molecule has 0 spiro atoms. The number of aliphatic hydroxyl groups is 2. The van der Waals surface area contributed by atoms with Gasteiger partial charge in [0.2, 0.25) is 23.1 Å². The van der Waals surface area contributed by atoms with Gasteiger partial charge in [0.15, 0.2) is 0 Å². The van der Waals surface area contributed by atoms with Crippen LogP contribution in [-0.4, -0.2) is 33.3 Å². The highest BCUT2D eigenvalue weighted by atomic mass is 16.3. The summed E-state index contributed by atoms with van der Waals surface area (Å²) in [5.74, 6) is -6.03. The lowest BCUT2D eigenvalue weighted by Gasteiger charge is -2.27. The Morgan fingerprint density at radius 3 is 1.37 bits per heavy atom. The van der Waals surface area contributed by atoms with Crippen molar-refractivity contribution < 1.29 is 29.4 Å². The first-order chi connectivity index (χ1) is 16.9. The van der Waals surface area contributed by atoms with E-state index in [1.54, 1.807) is 54.6 Å². The average Bonchev–Trinajstić information content (AvgIpc) is 2.89. The number of benzene rings is 3. The number of carbonyl (C=O) groups excluding carboxylic acids is 4. The number of allylic oxidation sites excluding steroid dienone is 3. The van der Waals surface area contributed by atoms with E-state index < -0.39 is 40.6 Å². The number of hydrogen-bond donors (Lipinski definition) is 2. The van der Waals surface area contributed by atoms with Gasteiger partial charge in [-0.25, -0.2) is 0 Å². The van der Waals surface area contributed by atoms with Crippen molar-refractivity contribution in [3.05, 3.63) is 124 Å². The van der Waals surface area contributed by atoms with Gasteiger partial charge in [-0.05, 0) is 5.56 Å². The van der Waals surface area contributed by atoms with Crippen LogP contribution >= 0.6 is 0 Å². The number of hydrogen-bond acceptors (Lipinski definition) is 6. The fourth-order valence-corrected chi connectivity index (χ4v) is 4.46. The average molecular weight is 462 g/mol. The molecule has 2 N–H and O–H groups in total. The van der Waals surface area contributed by atoms with Gasteiger partial charge in [-0.1, -0.05) is 91.0 Å². The van der Waals surface area contributed by atoms with Crippen LogP contribution in [0.1, 0.15) is 37.4 Å². The van der Waals surface area contributed by atoms with Gasteiger partial charge in [-0.2, -0.15) is 0 Å². The first-order valence-electron chi connectivity index (χ1n) is 10.9. The van der Waals surface area contributed by atoms with E-state index in [2.05, 4.69) is 0 Å². The lowest BCUT2D eigenvalue weighted by Crippen LogP contribution is -2.33. The van der Waals surface area contributed by atoms with Crippen LogP contribution in [0.15, 0.2) is 96.1 Å². The Kier molecular flexibility index (Phi) is 5.34. The molecule has 0 saturated carbocycles. The maximum absolute atomic E-state index is 13.2. The van der Waals surface area contributed by atoms with E-state index in [4.69, 9.17) is 0 Å². The van der Waals surface area contributed by atoms with E-state index >= 15 is 0 Å². The Bertz CT molecular complexity index is 1430. The third-order valence-electron chi connectivity index (χ3n) is 6.17. The number of carbonyl (C=O) groups is 4. The fourth-order valence-electron chi connectivity index (χ4n) is 4.46. The molecule has 0 aromatic heterocycles. The molecule has 0 bridgehead atoms. The molecule has 170 valence electrons. The Morgan fingerprint density at radius 1 is 0.514 bits per heavy atom. The van der Waals surface area contributed by atoms with Gasteiger partial charge in [0.05, 0.1) is 11.1 Å². The van der Waals surface area contributed by atoms with E-state index in [1.165, 1.54) is 30.3 Å². The van der Waals surface area contributed by atoms with E-state index in [9.17, 15) is 29.4 Å². The predicted molar refractivity (Wildman–Crippen MR) is 130 cm³/mol. The summed E-state index contributed by atoms with van der Waals surface area (Å²) in [5, 5.41) is 22.2. The highest BCUT2D eigenvalue weighted by Crippen LogP contribution is 2.40. The van der Waals surface area contributed by atoms with E-state index in [0.717, 1.165) is 0 Å². The van der Waals surface area contributed by atoms with Gasteiger partial charge >= 0.3 is 0 Å². The van der Waals surface area contributed by atoms with Crippen LogP contribution in [0.3, 0.4) is 0 Å². The highest BCUT2D eigenvalue weighted by molar-refractivity contribution is 6.55. The SMILES string of the molecule is O=C1C(=O)c2ccccc2C(O)=C1C(C=Cc1ccccc1)C1=C(O)c2ccccc2C(=O)C1=O. The van der Waals surface area contributed by atoms with Crippen molar-refractivity contribution in [2.24, 2.45) is 5.92 Å². The van der Waals surface area contributed by atoms with Gasteiger partial charge in [-0.3, -0.25) is 19.2 Å². The highest BCUT2D eigenvalue weighted by Gasteiger charge is 2.43. The van der Waals surface area contributed by atoms with Gasteiger partial charge in [-0.15, -0.1) is 0 Å². The standard InChI is InChI=1S/C29H18O6/c30-24-17-10-4-6-12-19(17)26(32)28(34)22(24)21(15-14-16-8-2-1-3-9-16)23-25(31)18-11-5-7-13-20(18)27(33)29(23)35/h1-15,21,30-31H. The Balaban J connectivity index is 1.78. The number of ketones is 4. The van der Waals surface area contributed by atoms with Crippen molar-refractivity contribution in [3.8, 4) is 0 Å². The molecule has 0 aliphatic heterocycles. The summed E-state index contributed by atoms with van der Waals surface area (Å²) in [6, 6.07) is 21.2. The number of rotatable bonds is 4. The Hall–Kier alpha value is -4.84. The predicted octanol–water partition coefficient (Wildman–Crippen LogP) is 4.79. The zero-order valence-electron chi connectivity index (χ0n) is 18.3. The first-order valence-corrected chi connectivity index (χ1v) is 10.9. The van der Waals surface area contributed by atoms with Crippen molar-refractivity contribution in [1.82, 2.24) is 0 Å². The molecule has 35 heavy (non-hydrogen) atoms. The van der Waals surface area contributed by atoms with Crippen molar-refractivity contribution in [2.75, 3.05) is 0 Å². The van der Waals surface area contributed by atoms with Gasteiger partial charge in [0.25, 0.3) is 0 Å². The minimum Gasteiger partial charge on any atom is -0.507 e. The smallest absolute Gasteiger partial charge is 0.234 e. The normalized spacial score (nSPS) is 15.8. The third kappa shape index (κ3) is 3.52. The molecule has 2 aliphatic carbocycles. The van der Waals surface area contributed by atoms with E-state index in [1.807, 2.05) is 6.07 Å². The van der Waals surface area contributed by atoms with Crippen LogP contribution in [0, 0.1) is 5.92 Å². The molecule has 0 heterocycles. The maximum atomic E-state index is 13.2. The zero-order valence-corrected chi connectivity index (χ0v) is 18.3. The summed E-state index contributed by atoms with van der Waals surface area (Å²) in [6.07, 6.45) is 3.03. The van der Waals surface area contributed by atoms with Gasteiger partial charge < -0.3 is 10.2 Å².